The molecule has 0 amide bonds. The van der Waals surface area contributed by atoms with Gasteiger partial charge in [0.25, 0.3) is 0 Å². The van der Waals surface area contributed by atoms with Crippen molar-refractivity contribution in [3.63, 3.8) is 0 Å². The molecular formula is C11H17N3O2. The summed E-state index contributed by atoms with van der Waals surface area (Å²) in [5.74, 6) is 0.0815. The van der Waals surface area contributed by atoms with Gasteiger partial charge in [-0.2, -0.15) is 5.10 Å². The van der Waals surface area contributed by atoms with E-state index in [0.717, 1.165) is 24.2 Å². The third-order valence-corrected chi connectivity index (χ3v) is 2.96. The summed E-state index contributed by atoms with van der Waals surface area (Å²) >= 11 is 0. The van der Waals surface area contributed by atoms with E-state index in [1.807, 2.05) is 0 Å². The summed E-state index contributed by atoms with van der Waals surface area (Å²) in [7, 11) is 0. The molecule has 0 unspecified atom stereocenters. The highest BCUT2D eigenvalue weighted by molar-refractivity contribution is 5.89. The van der Waals surface area contributed by atoms with Gasteiger partial charge in [-0.15, -0.1) is 0 Å². The van der Waals surface area contributed by atoms with E-state index < -0.39 is 0 Å². The van der Waals surface area contributed by atoms with Crippen LogP contribution in [0.3, 0.4) is 0 Å². The van der Waals surface area contributed by atoms with Gasteiger partial charge >= 0.3 is 5.97 Å². The minimum absolute atomic E-state index is 0.335. The van der Waals surface area contributed by atoms with Gasteiger partial charge in [0.05, 0.1) is 6.61 Å². The van der Waals surface area contributed by atoms with Crippen molar-refractivity contribution in [2.75, 3.05) is 13.2 Å². The van der Waals surface area contributed by atoms with Crippen LogP contribution in [0.5, 0.6) is 0 Å². The molecule has 1 aliphatic heterocycles. The Labute approximate surface area is 94.6 Å². The zero-order valence-electron chi connectivity index (χ0n) is 9.67. The van der Waals surface area contributed by atoms with Gasteiger partial charge in [0.2, 0.25) is 0 Å². The molecule has 5 nitrogen and oxygen atoms in total. The van der Waals surface area contributed by atoms with Crippen LogP contribution in [-0.4, -0.2) is 29.3 Å². The van der Waals surface area contributed by atoms with E-state index in [9.17, 15) is 4.79 Å². The normalized spacial score (nSPS) is 19.2. The number of aromatic amines is 1. The first-order valence-corrected chi connectivity index (χ1v) is 5.72. The lowest BCUT2D eigenvalue weighted by molar-refractivity contribution is 0.0518. The van der Waals surface area contributed by atoms with Crippen LogP contribution in [0.25, 0.3) is 0 Å². The van der Waals surface area contributed by atoms with Gasteiger partial charge in [0.1, 0.15) is 0 Å². The van der Waals surface area contributed by atoms with E-state index in [2.05, 4.69) is 22.4 Å². The SMILES string of the molecule is CCOC(=O)c1n[nH]c2c1CNC[C@H]2CC. The fourth-order valence-corrected chi connectivity index (χ4v) is 2.09. The number of rotatable bonds is 3. The number of hydrogen-bond acceptors (Lipinski definition) is 4. The van der Waals surface area contributed by atoms with Crippen molar-refractivity contribution in [1.29, 1.82) is 0 Å². The lowest BCUT2D eigenvalue weighted by Crippen LogP contribution is -2.28. The maximum Gasteiger partial charge on any atom is 0.359 e. The van der Waals surface area contributed by atoms with Crippen LogP contribution in [0.1, 0.15) is 47.9 Å². The van der Waals surface area contributed by atoms with E-state index in [-0.39, 0.29) is 5.97 Å². The molecule has 2 heterocycles. The minimum Gasteiger partial charge on any atom is -0.461 e. The number of hydrogen-bond donors (Lipinski definition) is 2. The fourth-order valence-electron chi connectivity index (χ4n) is 2.09. The molecule has 1 aromatic rings. The van der Waals surface area contributed by atoms with Crippen LogP contribution in [-0.2, 0) is 11.3 Å². The zero-order valence-corrected chi connectivity index (χ0v) is 9.67. The molecule has 1 aliphatic rings. The molecule has 0 spiro atoms. The molecule has 0 bridgehead atoms. The largest absolute Gasteiger partial charge is 0.461 e. The van der Waals surface area contributed by atoms with Gasteiger partial charge in [-0.25, -0.2) is 4.79 Å². The van der Waals surface area contributed by atoms with Crippen molar-refractivity contribution in [2.24, 2.45) is 0 Å². The smallest absolute Gasteiger partial charge is 0.359 e. The minimum atomic E-state index is -0.335. The number of carbonyl (C=O) groups is 1. The van der Waals surface area contributed by atoms with Crippen LogP contribution in [0, 0.1) is 0 Å². The molecule has 5 heteroatoms. The van der Waals surface area contributed by atoms with Crippen molar-refractivity contribution in [1.82, 2.24) is 15.5 Å². The zero-order chi connectivity index (χ0) is 11.5. The Hall–Kier alpha value is -1.36. The topological polar surface area (TPSA) is 67.0 Å². The first kappa shape index (κ1) is 11.1. The molecular weight excluding hydrogens is 206 g/mol. The Morgan fingerprint density at radius 3 is 3.06 bits per heavy atom. The quantitative estimate of drug-likeness (QED) is 0.755. The first-order valence-electron chi connectivity index (χ1n) is 5.72. The summed E-state index contributed by atoms with van der Waals surface area (Å²) in [5.41, 5.74) is 2.49. The van der Waals surface area contributed by atoms with Gasteiger partial charge in [-0.05, 0) is 13.3 Å². The number of nitrogens with one attached hydrogen (secondary N) is 2. The van der Waals surface area contributed by atoms with Gasteiger partial charge in [-0.1, -0.05) is 6.92 Å². The Morgan fingerprint density at radius 2 is 2.38 bits per heavy atom. The highest BCUT2D eigenvalue weighted by Gasteiger charge is 2.27. The number of nitrogens with zero attached hydrogens (tertiary/aromatic N) is 1. The second kappa shape index (κ2) is 4.65. The Bertz CT molecular complexity index is 387. The van der Waals surface area contributed by atoms with Crippen LogP contribution < -0.4 is 5.32 Å². The Kier molecular flexibility index (Phi) is 3.24. The summed E-state index contributed by atoms with van der Waals surface area (Å²) in [6.07, 6.45) is 1.03. The number of ether oxygens (including phenoxy) is 1. The van der Waals surface area contributed by atoms with Gasteiger partial charge in [-0.3, -0.25) is 5.10 Å². The molecule has 1 atom stereocenters. The second-order valence-electron chi connectivity index (χ2n) is 3.92. The molecule has 0 saturated carbocycles. The van der Waals surface area contributed by atoms with E-state index in [0.29, 0.717) is 24.8 Å². The average molecular weight is 223 g/mol. The molecule has 0 aliphatic carbocycles. The summed E-state index contributed by atoms with van der Waals surface area (Å²) < 4.78 is 4.97. The van der Waals surface area contributed by atoms with Gasteiger partial charge in [0, 0.05) is 30.3 Å². The third-order valence-electron chi connectivity index (χ3n) is 2.96. The molecule has 0 fully saturated rings. The highest BCUT2D eigenvalue weighted by Crippen LogP contribution is 2.26. The van der Waals surface area contributed by atoms with Crippen molar-refractivity contribution < 1.29 is 9.53 Å². The van der Waals surface area contributed by atoms with Crippen LogP contribution in [0.15, 0.2) is 0 Å². The van der Waals surface area contributed by atoms with E-state index in [1.165, 1.54) is 0 Å². The molecule has 16 heavy (non-hydrogen) atoms. The highest BCUT2D eigenvalue weighted by atomic mass is 16.5. The maximum atomic E-state index is 11.6. The summed E-state index contributed by atoms with van der Waals surface area (Å²) in [6, 6.07) is 0. The van der Waals surface area contributed by atoms with Crippen LogP contribution >= 0.6 is 0 Å². The van der Waals surface area contributed by atoms with Gasteiger partial charge in [0.15, 0.2) is 5.69 Å². The first-order chi connectivity index (χ1) is 7.77. The van der Waals surface area contributed by atoms with Crippen LogP contribution in [0.4, 0.5) is 0 Å². The molecule has 0 saturated heterocycles. The van der Waals surface area contributed by atoms with Crippen molar-refractivity contribution in [2.45, 2.75) is 32.7 Å². The maximum absolute atomic E-state index is 11.6. The average Bonchev–Trinajstić information content (AvgIpc) is 2.72. The number of carbonyl (C=O) groups excluding carboxylic acids is 1. The Morgan fingerprint density at radius 1 is 1.56 bits per heavy atom. The van der Waals surface area contributed by atoms with Crippen molar-refractivity contribution in [3.8, 4) is 0 Å². The molecule has 2 rings (SSSR count). The summed E-state index contributed by atoms with van der Waals surface area (Å²) in [4.78, 5) is 11.6. The Balaban J connectivity index is 2.29. The number of H-pyrrole nitrogens is 1. The van der Waals surface area contributed by atoms with Gasteiger partial charge < -0.3 is 10.1 Å². The summed E-state index contributed by atoms with van der Waals surface area (Å²) in [6.45, 7) is 5.94. The monoisotopic (exact) mass is 223 g/mol. The van der Waals surface area contributed by atoms with Crippen molar-refractivity contribution in [3.05, 3.63) is 17.0 Å². The van der Waals surface area contributed by atoms with Crippen molar-refractivity contribution >= 4 is 5.97 Å². The predicted octanol–water partition coefficient (Wildman–Crippen LogP) is 1.18. The number of fused-ring (bicyclic) bond motifs is 1. The fraction of sp³-hybridized carbons (Fsp3) is 0.636. The lowest BCUT2D eigenvalue weighted by Gasteiger charge is -2.21. The lowest BCUT2D eigenvalue weighted by atomic mass is 9.94. The molecule has 2 N–H and O–H groups in total. The third kappa shape index (κ3) is 1.82. The predicted molar refractivity (Wildman–Crippen MR) is 59.3 cm³/mol. The number of esters is 1. The van der Waals surface area contributed by atoms with E-state index >= 15 is 0 Å². The van der Waals surface area contributed by atoms with E-state index in [4.69, 9.17) is 4.74 Å². The summed E-state index contributed by atoms with van der Waals surface area (Å²) in [5, 5.41) is 10.3. The van der Waals surface area contributed by atoms with Crippen LogP contribution in [0.2, 0.25) is 0 Å². The molecule has 0 aromatic carbocycles. The standard InChI is InChI=1S/C11H17N3O2/c1-3-7-5-12-6-8-9(7)13-14-10(8)11(15)16-4-2/h7,12H,3-6H2,1-2H3,(H,13,14)/t7-/m1/s1. The number of aromatic nitrogens is 2. The molecule has 88 valence electrons. The molecule has 1 aromatic heterocycles. The second-order valence-corrected chi connectivity index (χ2v) is 3.92. The van der Waals surface area contributed by atoms with E-state index in [1.54, 1.807) is 6.92 Å². The molecule has 0 radical (unpaired) electrons.